The molecule has 0 amide bonds. The lowest BCUT2D eigenvalue weighted by Gasteiger charge is -2.32. The summed E-state index contributed by atoms with van der Waals surface area (Å²) < 4.78 is 11.6. The van der Waals surface area contributed by atoms with E-state index in [1.54, 1.807) is 7.11 Å². The lowest BCUT2D eigenvalue weighted by Crippen LogP contribution is -2.46. The first kappa shape index (κ1) is 16.5. The van der Waals surface area contributed by atoms with Gasteiger partial charge in [0.15, 0.2) is 11.5 Å². The molecule has 21 heavy (non-hydrogen) atoms. The summed E-state index contributed by atoms with van der Waals surface area (Å²) in [7, 11) is 1.55. The molecule has 5 nitrogen and oxygen atoms in total. The highest BCUT2D eigenvalue weighted by molar-refractivity contribution is 9.10. The maximum absolute atomic E-state index is 9.79. The molecule has 1 aromatic carbocycles. The third kappa shape index (κ3) is 4.57. The Bertz CT molecular complexity index is 470. The summed E-state index contributed by atoms with van der Waals surface area (Å²) in [5.74, 6) is 0.614. The third-order valence-electron chi connectivity index (χ3n) is 3.68. The Hall–Kier alpha value is -0.820. The normalized spacial score (nSPS) is 19.7. The number of aromatic hydroxyl groups is 1. The van der Waals surface area contributed by atoms with E-state index >= 15 is 0 Å². The molecule has 1 unspecified atom stereocenters. The quantitative estimate of drug-likeness (QED) is 0.814. The van der Waals surface area contributed by atoms with Crippen molar-refractivity contribution >= 4 is 15.9 Å². The number of nitrogens with one attached hydrogen (secondary N) is 1. The number of nitrogens with zero attached hydrogens (tertiary/aromatic N) is 1. The van der Waals surface area contributed by atoms with E-state index in [0.29, 0.717) is 16.8 Å². The first-order valence-electron chi connectivity index (χ1n) is 7.24. The van der Waals surface area contributed by atoms with E-state index in [-0.39, 0.29) is 11.9 Å². The zero-order valence-corrected chi connectivity index (χ0v) is 14.1. The van der Waals surface area contributed by atoms with Gasteiger partial charge in [-0.1, -0.05) is 6.92 Å². The molecular weight excluding hydrogens is 336 g/mol. The first-order valence-corrected chi connectivity index (χ1v) is 8.03. The Morgan fingerprint density at radius 2 is 2.33 bits per heavy atom. The van der Waals surface area contributed by atoms with Gasteiger partial charge in [0.25, 0.3) is 0 Å². The average molecular weight is 359 g/mol. The minimum atomic E-state index is 0.135. The van der Waals surface area contributed by atoms with Gasteiger partial charge in [-0.15, -0.1) is 0 Å². The fourth-order valence-electron chi connectivity index (χ4n) is 2.45. The molecule has 2 rings (SSSR count). The number of hydrogen-bond acceptors (Lipinski definition) is 5. The van der Waals surface area contributed by atoms with Crippen LogP contribution in [0.25, 0.3) is 0 Å². The van der Waals surface area contributed by atoms with Gasteiger partial charge in [-0.05, 0) is 40.2 Å². The van der Waals surface area contributed by atoms with E-state index in [0.717, 1.165) is 38.3 Å². The standard InChI is InChI=1S/C15H23BrN2O3/c1-3-18-4-5-21-12(10-18)9-17-8-11-6-13(16)15(19)14(7-11)20-2/h6-7,12,17,19H,3-5,8-10H2,1-2H3. The number of phenolic OH excluding ortho intramolecular Hbond substituents is 1. The average Bonchev–Trinajstić information content (AvgIpc) is 2.50. The Morgan fingerprint density at radius 3 is 3.05 bits per heavy atom. The van der Waals surface area contributed by atoms with Crippen LogP contribution in [0.15, 0.2) is 16.6 Å². The Labute approximate surface area is 134 Å². The molecule has 118 valence electrons. The number of methoxy groups -OCH3 is 1. The van der Waals surface area contributed by atoms with Crippen molar-refractivity contribution in [3.63, 3.8) is 0 Å². The Kier molecular flexibility index (Phi) is 6.29. The monoisotopic (exact) mass is 358 g/mol. The predicted molar refractivity (Wildman–Crippen MR) is 85.9 cm³/mol. The predicted octanol–water partition coefficient (Wildman–Crippen LogP) is 1.97. The van der Waals surface area contributed by atoms with E-state index < -0.39 is 0 Å². The van der Waals surface area contributed by atoms with Crippen LogP contribution in [0.5, 0.6) is 11.5 Å². The minimum absolute atomic E-state index is 0.135. The molecule has 0 spiro atoms. The van der Waals surface area contributed by atoms with Crippen LogP contribution < -0.4 is 10.1 Å². The van der Waals surface area contributed by atoms with E-state index in [1.807, 2.05) is 12.1 Å². The lowest BCUT2D eigenvalue weighted by atomic mass is 10.2. The van der Waals surface area contributed by atoms with Crippen LogP contribution >= 0.6 is 15.9 Å². The molecule has 1 saturated heterocycles. The molecule has 0 saturated carbocycles. The van der Waals surface area contributed by atoms with Gasteiger partial charge in [-0.2, -0.15) is 0 Å². The summed E-state index contributed by atoms with van der Waals surface area (Å²) in [6, 6.07) is 3.73. The van der Waals surface area contributed by atoms with Crippen molar-refractivity contribution in [2.45, 2.75) is 19.6 Å². The van der Waals surface area contributed by atoms with Crippen LogP contribution in [0.1, 0.15) is 12.5 Å². The summed E-state index contributed by atoms with van der Waals surface area (Å²) >= 11 is 3.33. The second kappa shape index (κ2) is 7.98. The molecule has 0 radical (unpaired) electrons. The van der Waals surface area contributed by atoms with E-state index in [4.69, 9.17) is 9.47 Å². The van der Waals surface area contributed by atoms with Crippen molar-refractivity contribution in [1.82, 2.24) is 10.2 Å². The summed E-state index contributed by atoms with van der Waals surface area (Å²) in [5, 5.41) is 13.2. The Morgan fingerprint density at radius 1 is 1.52 bits per heavy atom. The van der Waals surface area contributed by atoms with Gasteiger partial charge in [-0.25, -0.2) is 0 Å². The van der Waals surface area contributed by atoms with Gasteiger partial charge in [-0.3, -0.25) is 4.90 Å². The Balaban J connectivity index is 1.84. The topological polar surface area (TPSA) is 54.0 Å². The molecule has 6 heteroatoms. The number of ether oxygens (including phenoxy) is 2. The molecule has 1 heterocycles. The van der Waals surface area contributed by atoms with Crippen LogP contribution in [0.3, 0.4) is 0 Å². The van der Waals surface area contributed by atoms with Crippen LogP contribution in [-0.2, 0) is 11.3 Å². The molecule has 2 N–H and O–H groups in total. The number of benzene rings is 1. The third-order valence-corrected chi connectivity index (χ3v) is 4.28. The number of likely N-dealkylation sites (N-methyl/N-ethyl adjacent to an activating group) is 1. The molecular formula is C15H23BrN2O3. The second-order valence-electron chi connectivity index (χ2n) is 5.15. The maximum atomic E-state index is 9.79. The summed E-state index contributed by atoms with van der Waals surface area (Å²) in [4.78, 5) is 2.40. The number of hydrogen-bond donors (Lipinski definition) is 2. The molecule has 1 aliphatic rings. The highest BCUT2D eigenvalue weighted by Gasteiger charge is 2.18. The van der Waals surface area contributed by atoms with Crippen molar-refractivity contribution in [3.8, 4) is 11.5 Å². The van der Waals surface area contributed by atoms with Crippen molar-refractivity contribution in [3.05, 3.63) is 22.2 Å². The van der Waals surface area contributed by atoms with Gasteiger partial charge >= 0.3 is 0 Å². The SMILES string of the molecule is CCN1CCOC(CNCc2cc(Br)c(O)c(OC)c2)C1. The van der Waals surface area contributed by atoms with E-state index in [1.165, 1.54) is 0 Å². The molecule has 1 atom stereocenters. The highest BCUT2D eigenvalue weighted by Crippen LogP contribution is 2.35. The first-order chi connectivity index (χ1) is 10.1. The molecule has 0 aliphatic carbocycles. The number of morpholine rings is 1. The van der Waals surface area contributed by atoms with Crippen LogP contribution in [0, 0.1) is 0 Å². The number of rotatable bonds is 6. The molecule has 0 aromatic heterocycles. The summed E-state index contributed by atoms with van der Waals surface area (Å²) in [6.45, 7) is 7.58. The fraction of sp³-hybridized carbons (Fsp3) is 0.600. The van der Waals surface area contributed by atoms with Crippen LogP contribution in [-0.4, -0.2) is 56.0 Å². The van der Waals surface area contributed by atoms with Crippen LogP contribution in [0.2, 0.25) is 0 Å². The van der Waals surface area contributed by atoms with E-state index in [2.05, 4.69) is 33.1 Å². The van der Waals surface area contributed by atoms with Gasteiger partial charge in [0, 0.05) is 26.2 Å². The molecule has 1 aromatic rings. The zero-order chi connectivity index (χ0) is 15.2. The maximum Gasteiger partial charge on any atom is 0.172 e. The fourth-order valence-corrected chi connectivity index (χ4v) is 2.94. The zero-order valence-electron chi connectivity index (χ0n) is 12.6. The minimum Gasteiger partial charge on any atom is -0.503 e. The highest BCUT2D eigenvalue weighted by atomic mass is 79.9. The van der Waals surface area contributed by atoms with Gasteiger partial charge in [0.2, 0.25) is 0 Å². The lowest BCUT2D eigenvalue weighted by molar-refractivity contribution is -0.0253. The van der Waals surface area contributed by atoms with Crippen molar-refractivity contribution in [2.24, 2.45) is 0 Å². The second-order valence-corrected chi connectivity index (χ2v) is 6.00. The van der Waals surface area contributed by atoms with Gasteiger partial charge in [0.1, 0.15) is 0 Å². The van der Waals surface area contributed by atoms with E-state index in [9.17, 15) is 5.11 Å². The number of phenols is 1. The molecule has 0 bridgehead atoms. The summed E-state index contributed by atoms with van der Waals surface area (Å²) in [6.07, 6.45) is 0.237. The number of halogens is 1. The molecule has 1 aliphatic heterocycles. The van der Waals surface area contributed by atoms with Gasteiger partial charge < -0.3 is 19.9 Å². The van der Waals surface area contributed by atoms with Crippen molar-refractivity contribution in [1.29, 1.82) is 0 Å². The molecule has 1 fully saturated rings. The van der Waals surface area contributed by atoms with Crippen LogP contribution in [0.4, 0.5) is 0 Å². The van der Waals surface area contributed by atoms with Crippen molar-refractivity contribution in [2.75, 3.05) is 39.9 Å². The smallest absolute Gasteiger partial charge is 0.172 e. The van der Waals surface area contributed by atoms with Gasteiger partial charge in [0.05, 0.1) is 24.3 Å². The summed E-state index contributed by atoms with van der Waals surface area (Å²) in [5.41, 5.74) is 1.06. The van der Waals surface area contributed by atoms with Crippen molar-refractivity contribution < 1.29 is 14.6 Å². The largest absolute Gasteiger partial charge is 0.503 e.